The van der Waals surface area contributed by atoms with E-state index in [0.29, 0.717) is 5.39 Å². The molecule has 2 aromatic rings. The monoisotopic (exact) mass is 366 g/mol. The molecule has 2 rings (SSSR count). The second-order valence-electron chi connectivity index (χ2n) is 5.61. The Morgan fingerprint density at radius 3 is 2.00 bits per heavy atom. The molecular formula is C17H16F6O2. The second-order valence-corrected chi connectivity index (χ2v) is 5.61. The van der Waals surface area contributed by atoms with Gasteiger partial charge >= 0.3 is 12.4 Å². The van der Waals surface area contributed by atoms with Crippen molar-refractivity contribution in [2.24, 2.45) is 0 Å². The third-order valence-electron chi connectivity index (χ3n) is 3.92. The van der Waals surface area contributed by atoms with Crippen molar-refractivity contribution in [3.05, 3.63) is 48.0 Å². The van der Waals surface area contributed by atoms with Gasteiger partial charge in [-0.15, -0.1) is 0 Å². The van der Waals surface area contributed by atoms with Crippen molar-refractivity contribution in [2.75, 3.05) is 6.61 Å². The van der Waals surface area contributed by atoms with E-state index in [2.05, 4.69) is 4.74 Å². The van der Waals surface area contributed by atoms with Crippen LogP contribution in [0, 0.1) is 0 Å². The summed E-state index contributed by atoms with van der Waals surface area (Å²) in [6.45, 7) is 0.329. The molecule has 0 amide bonds. The molecule has 2 nitrogen and oxygen atoms in total. The Bertz CT molecular complexity index is 709. The first-order chi connectivity index (χ1) is 11.5. The predicted molar refractivity (Wildman–Crippen MR) is 80.0 cm³/mol. The van der Waals surface area contributed by atoms with Gasteiger partial charge in [0.25, 0.3) is 5.60 Å². The van der Waals surface area contributed by atoms with Crippen LogP contribution in [0.25, 0.3) is 10.8 Å². The number of aliphatic hydroxyl groups is 1. The highest BCUT2D eigenvalue weighted by atomic mass is 19.4. The smallest absolute Gasteiger partial charge is 0.391 e. The Morgan fingerprint density at radius 1 is 0.920 bits per heavy atom. The minimum atomic E-state index is -5.76. The summed E-state index contributed by atoms with van der Waals surface area (Å²) in [5.41, 5.74) is -5.59. The Morgan fingerprint density at radius 2 is 1.48 bits per heavy atom. The fourth-order valence-corrected chi connectivity index (χ4v) is 2.48. The average Bonchev–Trinajstić information content (AvgIpc) is 2.52. The Labute approximate surface area is 140 Å². The van der Waals surface area contributed by atoms with Gasteiger partial charge in [-0.05, 0) is 23.3 Å². The summed E-state index contributed by atoms with van der Waals surface area (Å²) >= 11 is 0. The van der Waals surface area contributed by atoms with Gasteiger partial charge in [-0.2, -0.15) is 26.3 Å². The van der Waals surface area contributed by atoms with Crippen molar-refractivity contribution in [1.82, 2.24) is 0 Å². The lowest BCUT2D eigenvalue weighted by molar-refractivity contribution is -0.392. The highest BCUT2D eigenvalue weighted by Gasteiger charge is 2.73. The third kappa shape index (κ3) is 3.59. The average molecular weight is 366 g/mol. The lowest BCUT2D eigenvalue weighted by atomic mass is 9.90. The summed E-state index contributed by atoms with van der Waals surface area (Å²) in [5.74, 6) is 0. The minimum absolute atomic E-state index is 0.0382. The fraction of sp³-hybridized carbons (Fsp3) is 0.412. The number of hydrogen-bond acceptors (Lipinski definition) is 2. The second kappa shape index (κ2) is 6.84. The van der Waals surface area contributed by atoms with Crippen molar-refractivity contribution in [3.63, 3.8) is 0 Å². The van der Waals surface area contributed by atoms with Crippen molar-refractivity contribution >= 4 is 10.8 Å². The van der Waals surface area contributed by atoms with Crippen LogP contribution >= 0.6 is 0 Å². The lowest BCUT2D eigenvalue weighted by Crippen LogP contribution is -2.56. The van der Waals surface area contributed by atoms with Gasteiger partial charge in [-0.3, -0.25) is 0 Å². The summed E-state index contributed by atoms with van der Waals surface area (Å²) < 4.78 is 85.9. The highest BCUT2D eigenvalue weighted by molar-refractivity contribution is 5.83. The molecule has 0 bridgehead atoms. The van der Waals surface area contributed by atoms with Crippen molar-refractivity contribution in [2.45, 2.75) is 37.4 Å². The van der Waals surface area contributed by atoms with Crippen LogP contribution in [-0.4, -0.2) is 30.2 Å². The zero-order valence-corrected chi connectivity index (χ0v) is 13.2. The van der Waals surface area contributed by atoms with E-state index in [1.165, 1.54) is 25.1 Å². The molecule has 1 unspecified atom stereocenters. The maximum Gasteiger partial charge on any atom is 0.430 e. The predicted octanol–water partition coefficient (Wildman–Crippen LogP) is 4.95. The van der Waals surface area contributed by atoms with E-state index in [1.54, 1.807) is 12.1 Å². The van der Waals surface area contributed by atoms with E-state index in [9.17, 15) is 31.4 Å². The van der Waals surface area contributed by atoms with E-state index in [1.807, 2.05) is 0 Å². The maximum absolute atomic E-state index is 13.6. The number of rotatable bonds is 5. The normalized spacial score (nSPS) is 14.7. The summed E-state index contributed by atoms with van der Waals surface area (Å²) in [4.78, 5) is 0. The zero-order valence-electron chi connectivity index (χ0n) is 13.2. The van der Waals surface area contributed by atoms with Gasteiger partial charge in [-0.1, -0.05) is 43.3 Å². The van der Waals surface area contributed by atoms with Gasteiger partial charge in [0.05, 0.1) is 12.7 Å². The number of ether oxygens (including phenoxy) is 1. The SMILES string of the molecule is CCC(O)COC(c1ccc2ccccc2c1)(C(F)(F)F)C(F)(F)F. The molecule has 1 atom stereocenters. The molecule has 0 aliphatic carbocycles. The van der Waals surface area contributed by atoms with E-state index < -0.39 is 36.2 Å². The summed E-state index contributed by atoms with van der Waals surface area (Å²) in [6.07, 6.45) is -13.0. The number of benzene rings is 2. The third-order valence-corrected chi connectivity index (χ3v) is 3.92. The molecule has 0 saturated heterocycles. The standard InChI is InChI=1S/C17H16F6O2/c1-2-14(24)10-25-15(16(18,19)20,17(21,22)23)13-8-7-11-5-3-4-6-12(11)9-13/h3-9,14,24H,2,10H2,1H3. The van der Waals surface area contributed by atoms with E-state index >= 15 is 0 Å². The molecule has 0 heterocycles. The molecule has 0 spiro atoms. The van der Waals surface area contributed by atoms with Crippen molar-refractivity contribution in [3.8, 4) is 0 Å². The molecule has 138 valence electrons. The Hall–Kier alpha value is -1.80. The van der Waals surface area contributed by atoms with Crippen LogP contribution in [0.3, 0.4) is 0 Å². The van der Waals surface area contributed by atoms with Gasteiger partial charge in [0.15, 0.2) is 0 Å². The molecule has 0 aliphatic rings. The molecule has 0 aliphatic heterocycles. The maximum atomic E-state index is 13.6. The summed E-state index contributed by atoms with van der Waals surface area (Å²) in [7, 11) is 0. The van der Waals surface area contributed by atoms with Crippen molar-refractivity contribution in [1.29, 1.82) is 0 Å². The van der Waals surface area contributed by atoms with Crippen LogP contribution in [0.4, 0.5) is 26.3 Å². The number of halogens is 6. The van der Waals surface area contributed by atoms with Crippen LogP contribution in [0.5, 0.6) is 0 Å². The van der Waals surface area contributed by atoms with Crippen LogP contribution in [0.15, 0.2) is 42.5 Å². The topological polar surface area (TPSA) is 29.5 Å². The number of alkyl halides is 6. The molecule has 8 heteroatoms. The highest BCUT2D eigenvalue weighted by Crippen LogP contribution is 2.53. The van der Waals surface area contributed by atoms with Crippen LogP contribution in [-0.2, 0) is 10.3 Å². The molecular weight excluding hydrogens is 350 g/mol. The van der Waals surface area contributed by atoms with Crippen LogP contribution < -0.4 is 0 Å². The molecule has 0 radical (unpaired) electrons. The minimum Gasteiger partial charge on any atom is -0.391 e. The first kappa shape index (κ1) is 19.5. The quantitative estimate of drug-likeness (QED) is 0.759. The molecule has 0 saturated carbocycles. The van der Waals surface area contributed by atoms with E-state index in [4.69, 9.17) is 0 Å². The van der Waals surface area contributed by atoms with Gasteiger partial charge in [0, 0.05) is 5.56 Å². The fourth-order valence-electron chi connectivity index (χ4n) is 2.48. The Balaban J connectivity index is 2.66. The number of hydrogen-bond donors (Lipinski definition) is 1. The van der Waals surface area contributed by atoms with Crippen molar-refractivity contribution < 1.29 is 36.2 Å². The molecule has 2 aromatic carbocycles. The molecule has 1 N–H and O–H groups in total. The number of fused-ring (bicyclic) bond motifs is 1. The van der Waals surface area contributed by atoms with E-state index in [0.717, 1.165) is 12.1 Å². The summed E-state index contributed by atoms with van der Waals surface area (Å²) in [5, 5.41) is 10.1. The van der Waals surface area contributed by atoms with E-state index in [-0.39, 0.29) is 11.8 Å². The molecule has 0 fully saturated rings. The first-order valence-corrected chi connectivity index (χ1v) is 7.47. The van der Waals surface area contributed by atoms with Gasteiger partial charge < -0.3 is 9.84 Å². The van der Waals surface area contributed by atoms with Crippen LogP contribution in [0.1, 0.15) is 18.9 Å². The molecule has 0 aromatic heterocycles. The van der Waals surface area contributed by atoms with Gasteiger partial charge in [0.2, 0.25) is 0 Å². The van der Waals surface area contributed by atoms with Gasteiger partial charge in [-0.25, -0.2) is 0 Å². The van der Waals surface area contributed by atoms with Gasteiger partial charge in [0.1, 0.15) is 0 Å². The largest absolute Gasteiger partial charge is 0.430 e. The lowest BCUT2D eigenvalue weighted by Gasteiger charge is -2.38. The summed E-state index contributed by atoms with van der Waals surface area (Å²) in [6, 6.07) is 8.86. The molecule has 25 heavy (non-hydrogen) atoms. The zero-order chi connectivity index (χ0) is 18.9. The first-order valence-electron chi connectivity index (χ1n) is 7.47. The number of aliphatic hydroxyl groups excluding tert-OH is 1. The Kier molecular flexibility index (Phi) is 5.34. The van der Waals surface area contributed by atoms with Crippen LogP contribution in [0.2, 0.25) is 0 Å².